The fraction of sp³-hybridized carbons (Fsp3) is 0.238. The number of esters is 1. The number of hydrogen-bond acceptors (Lipinski definition) is 7. The molecule has 9 heteroatoms. The van der Waals surface area contributed by atoms with E-state index in [4.69, 9.17) is 15.2 Å². The molecule has 30 heavy (non-hydrogen) atoms. The number of hydrogen-bond donors (Lipinski definition) is 2. The summed E-state index contributed by atoms with van der Waals surface area (Å²) >= 11 is 0. The highest BCUT2D eigenvalue weighted by molar-refractivity contribution is 5.86. The van der Waals surface area contributed by atoms with Crippen LogP contribution in [0, 0.1) is 0 Å². The number of fused-ring (bicyclic) bond motifs is 5. The average Bonchev–Trinajstić information content (AvgIpc) is 3.07. The van der Waals surface area contributed by atoms with Gasteiger partial charge < -0.3 is 24.9 Å². The molecule has 9 nitrogen and oxygen atoms in total. The van der Waals surface area contributed by atoms with Crippen molar-refractivity contribution < 1.29 is 24.2 Å². The van der Waals surface area contributed by atoms with Gasteiger partial charge in [0.15, 0.2) is 5.60 Å². The normalized spacial score (nSPS) is 21.5. The largest absolute Gasteiger partial charge is 0.418 e. The van der Waals surface area contributed by atoms with Crippen LogP contribution in [-0.2, 0) is 26.4 Å². The highest BCUT2D eigenvalue weighted by atomic mass is 16.7. The molecule has 152 valence electrons. The van der Waals surface area contributed by atoms with Crippen molar-refractivity contribution in [2.75, 3.05) is 0 Å². The number of aliphatic hydroxyl groups is 1. The summed E-state index contributed by atoms with van der Waals surface area (Å²) in [4.78, 5) is 41.9. The number of nitrogens with two attached hydrogens (primary N) is 1. The van der Waals surface area contributed by atoms with E-state index in [0.717, 1.165) is 16.5 Å². The van der Waals surface area contributed by atoms with Gasteiger partial charge >= 0.3 is 12.1 Å². The molecule has 2 aliphatic heterocycles. The zero-order valence-electron chi connectivity index (χ0n) is 15.9. The third kappa shape index (κ3) is 2.38. The SMILES string of the molecule is CC[C@@]1(O)C(=O)OC(OC(N)=O)c2c1cc1n(c2=O)Cc2cc3ccccc3nc2-1. The average molecular weight is 407 g/mol. The van der Waals surface area contributed by atoms with Crippen molar-refractivity contribution in [3.05, 3.63) is 63.4 Å². The molecule has 0 radical (unpaired) electrons. The standard InChI is InChI=1S/C21H17N3O6/c1-2-21(28)12-8-14-16-11(7-10-5-3-4-6-13(10)23-16)9-24(14)17(25)15(12)18(29-19(21)26)30-20(22)27/h3-8,18,28H,2,9H2,1H3,(H2,22,27)/t18?,21-/m0/s1. The molecule has 0 bridgehead atoms. The van der Waals surface area contributed by atoms with Crippen LogP contribution < -0.4 is 11.3 Å². The molecule has 2 atom stereocenters. The molecule has 0 saturated carbocycles. The third-order valence-electron chi connectivity index (χ3n) is 5.68. The van der Waals surface area contributed by atoms with Crippen LogP contribution in [0.15, 0.2) is 41.2 Å². The van der Waals surface area contributed by atoms with E-state index in [1.165, 1.54) is 4.57 Å². The fourth-order valence-electron chi connectivity index (χ4n) is 4.14. The summed E-state index contributed by atoms with van der Waals surface area (Å²) in [6.45, 7) is 1.83. The van der Waals surface area contributed by atoms with Crippen LogP contribution in [0.1, 0.15) is 36.3 Å². The lowest BCUT2D eigenvalue weighted by Crippen LogP contribution is -2.47. The Bertz CT molecular complexity index is 1310. The summed E-state index contributed by atoms with van der Waals surface area (Å²) in [6, 6.07) is 11.1. The second kappa shape index (κ2) is 6.14. The topological polar surface area (TPSA) is 134 Å². The summed E-state index contributed by atoms with van der Waals surface area (Å²) < 4.78 is 11.4. The van der Waals surface area contributed by atoms with E-state index < -0.39 is 29.5 Å². The van der Waals surface area contributed by atoms with Crippen molar-refractivity contribution in [3.63, 3.8) is 0 Å². The molecule has 2 aromatic heterocycles. The number of pyridine rings is 2. The summed E-state index contributed by atoms with van der Waals surface area (Å²) in [5.74, 6) is -1.02. The minimum Gasteiger partial charge on any atom is -0.418 e. The maximum Gasteiger partial charge on any atom is 0.407 e. The molecule has 0 fully saturated rings. The molecule has 0 aliphatic carbocycles. The molecule has 1 amide bonds. The van der Waals surface area contributed by atoms with Gasteiger partial charge in [0, 0.05) is 16.5 Å². The van der Waals surface area contributed by atoms with Gasteiger partial charge in [-0.1, -0.05) is 25.1 Å². The third-order valence-corrected chi connectivity index (χ3v) is 5.68. The number of primary amides is 1. The monoisotopic (exact) mass is 407 g/mol. The number of amides is 1. The molecular weight excluding hydrogens is 390 g/mol. The second-order valence-corrected chi connectivity index (χ2v) is 7.32. The first-order chi connectivity index (χ1) is 14.3. The van der Waals surface area contributed by atoms with Crippen molar-refractivity contribution in [1.29, 1.82) is 0 Å². The Morgan fingerprint density at radius 1 is 1.37 bits per heavy atom. The Kier molecular flexibility index (Phi) is 3.75. The highest BCUT2D eigenvalue weighted by Crippen LogP contribution is 2.42. The van der Waals surface area contributed by atoms with Gasteiger partial charge in [-0.05, 0) is 24.6 Å². The second-order valence-electron chi connectivity index (χ2n) is 7.32. The number of carbonyl (C=O) groups excluding carboxylic acids is 2. The van der Waals surface area contributed by atoms with Crippen LogP contribution in [0.4, 0.5) is 4.79 Å². The number of aromatic nitrogens is 2. The lowest BCUT2D eigenvalue weighted by Gasteiger charge is -2.35. The van der Waals surface area contributed by atoms with Crippen molar-refractivity contribution in [1.82, 2.24) is 9.55 Å². The van der Waals surface area contributed by atoms with Crippen LogP contribution in [-0.4, -0.2) is 26.7 Å². The van der Waals surface area contributed by atoms with E-state index in [2.05, 4.69) is 4.98 Å². The van der Waals surface area contributed by atoms with Crippen molar-refractivity contribution in [2.45, 2.75) is 31.8 Å². The van der Waals surface area contributed by atoms with E-state index >= 15 is 0 Å². The Morgan fingerprint density at radius 2 is 2.13 bits per heavy atom. The Hall–Kier alpha value is -3.72. The van der Waals surface area contributed by atoms with Gasteiger partial charge in [0.1, 0.15) is 5.56 Å². The molecular formula is C21H17N3O6. The predicted molar refractivity (Wildman–Crippen MR) is 104 cm³/mol. The Balaban J connectivity index is 1.79. The van der Waals surface area contributed by atoms with E-state index in [-0.39, 0.29) is 24.1 Å². The van der Waals surface area contributed by atoms with E-state index in [0.29, 0.717) is 11.4 Å². The first kappa shape index (κ1) is 18.3. The molecule has 0 spiro atoms. The molecule has 4 heterocycles. The summed E-state index contributed by atoms with van der Waals surface area (Å²) in [5.41, 5.74) is 5.04. The molecule has 3 aromatic rings. The van der Waals surface area contributed by atoms with Gasteiger partial charge in [0.2, 0.25) is 0 Å². The molecule has 0 saturated heterocycles. The number of rotatable bonds is 2. The quantitative estimate of drug-likeness (QED) is 0.483. The van der Waals surface area contributed by atoms with Crippen molar-refractivity contribution in [2.24, 2.45) is 5.73 Å². The van der Waals surface area contributed by atoms with Gasteiger partial charge in [-0.25, -0.2) is 14.6 Å². The Labute approximate surface area is 169 Å². The zero-order chi connectivity index (χ0) is 21.2. The summed E-state index contributed by atoms with van der Waals surface area (Å²) in [7, 11) is 0. The maximum atomic E-state index is 13.4. The molecule has 1 aromatic carbocycles. The molecule has 2 aliphatic rings. The zero-order valence-corrected chi connectivity index (χ0v) is 15.9. The predicted octanol–water partition coefficient (Wildman–Crippen LogP) is 1.67. The van der Waals surface area contributed by atoms with Crippen LogP contribution in [0.5, 0.6) is 0 Å². The minimum atomic E-state index is -2.05. The van der Waals surface area contributed by atoms with E-state index in [1.54, 1.807) is 13.0 Å². The summed E-state index contributed by atoms with van der Waals surface area (Å²) in [6.07, 6.45) is -2.87. The number of para-hydroxylation sites is 1. The van der Waals surface area contributed by atoms with Gasteiger partial charge in [0.25, 0.3) is 11.8 Å². The molecule has 1 unspecified atom stereocenters. The van der Waals surface area contributed by atoms with Gasteiger partial charge in [-0.3, -0.25) is 4.79 Å². The molecule has 3 N–H and O–H groups in total. The first-order valence-corrected chi connectivity index (χ1v) is 9.40. The van der Waals surface area contributed by atoms with E-state index in [9.17, 15) is 19.5 Å². The number of ether oxygens (including phenoxy) is 2. The fourth-order valence-corrected chi connectivity index (χ4v) is 4.14. The van der Waals surface area contributed by atoms with Crippen molar-refractivity contribution >= 4 is 23.0 Å². The number of carbonyl (C=O) groups is 2. The van der Waals surface area contributed by atoms with Crippen LogP contribution >= 0.6 is 0 Å². The van der Waals surface area contributed by atoms with Gasteiger partial charge in [-0.2, -0.15) is 0 Å². The van der Waals surface area contributed by atoms with Crippen LogP contribution in [0.2, 0.25) is 0 Å². The Morgan fingerprint density at radius 3 is 2.87 bits per heavy atom. The van der Waals surface area contributed by atoms with Gasteiger partial charge in [-0.15, -0.1) is 0 Å². The number of nitrogens with zero attached hydrogens (tertiary/aromatic N) is 2. The van der Waals surface area contributed by atoms with E-state index in [1.807, 2.05) is 30.3 Å². The smallest absolute Gasteiger partial charge is 0.407 e. The molecule has 5 rings (SSSR count). The minimum absolute atomic E-state index is 0.0339. The van der Waals surface area contributed by atoms with Gasteiger partial charge in [0.05, 0.1) is 23.4 Å². The van der Waals surface area contributed by atoms with Crippen molar-refractivity contribution in [3.8, 4) is 11.4 Å². The highest BCUT2D eigenvalue weighted by Gasteiger charge is 2.50. The lowest BCUT2D eigenvalue weighted by molar-refractivity contribution is -0.199. The number of cyclic esters (lactones) is 1. The summed E-state index contributed by atoms with van der Waals surface area (Å²) in [5, 5.41) is 11.9. The van der Waals surface area contributed by atoms with Crippen LogP contribution in [0.3, 0.4) is 0 Å². The lowest BCUT2D eigenvalue weighted by atomic mass is 9.85. The number of benzene rings is 1. The van der Waals surface area contributed by atoms with Crippen LogP contribution in [0.25, 0.3) is 22.3 Å². The first-order valence-electron chi connectivity index (χ1n) is 9.40. The maximum absolute atomic E-state index is 13.4.